The van der Waals surface area contributed by atoms with Gasteiger partial charge in [-0.05, 0) is 29.8 Å². The Morgan fingerprint density at radius 1 is 1.27 bits per heavy atom. The predicted molar refractivity (Wildman–Crippen MR) is 86.1 cm³/mol. The summed E-state index contributed by atoms with van der Waals surface area (Å²) in [6.07, 6.45) is 3.04. The summed E-state index contributed by atoms with van der Waals surface area (Å²) in [7, 11) is 0. The number of halogens is 2. The molecular weight excluding hydrogens is 321 g/mol. The second-order valence-electron chi connectivity index (χ2n) is 4.32. The number of carbonyl (C=O) groups is 1. The first kappa shape index (κ1) is 16.0. The zero-order chi connectivity index (χ0) is 15.9. The van der Waals surface area contributed by atoms with E-state index in [0.29, 0.717) is 21.3 Å². The summed E-state index contributed by atoms with van der Waals surface area (Å²) in [5.74, 6) is -0.496. The van der Waals surface area contributed by atoms with E-state index in [4.69, 9.17) is 28.5 Å². The van der Waals surface area contributed by atoms with E-state index in [-0.39, 0.29) is 12.1 Å². The molecule has 0 aliphatic heterocycles. The Labute approximate surface area is 138 Å². The van der Waals surface area contributed by atoms with Gasteiger partial charge in [0.1, 0.15) is 11.6 Å². The van der Waals surface area contributed by atoms with Crippen molar-refractivity contribution in [3.63, 3.8) is 0 Å². The lowest BCUT2D eigenvalue weighted by molar-refractivity contribution is -0.117. The van der Waals surface area contributed by atoms with E-state index in [0.717, 1.165) is 0 Å². The molecule has 0 aliphatic rings. The highest BCUT2D eigenvalue weighted by Gasteiger charge is 2.11. The molecule has 22 heavy (non-hydrogen) atoms. The van der Waals surface area contributed by atoms with Gasteiger partial charge in [0.2, 0.25) is 0 Å². The van der Waals surface area contributed by atoms with Gasteiger partial charge in [-0.3, -0.25) is 9.78 Å². The van der Waals surface area contributed by atoms with Crippen molar-refractivity contribution in [1.82, 2.24) is 10.3 Å². The van der Waals surface area contributed by atoms with Crippen molar-refractivity contribution in [3.05, 3.63) is 69.5 Å². The van der Waals surface area contributed by atoms with E-state index in [1.165, 1.54) is 6.08 Å². The fourth-order valence-corrected chi connectivity index (χ4v) is 2.07. The molecule has 0 fully saturated rings. The van der Waals surface area contributed by atoms with Crippen LogP contribution in [0.3, 0.4) is 0 Å². The first-order chi connectivity index (χ1) is 10.6. The van der Waals surface area contributed by atoms with Crippen molar-refractivity contribution in [2.45, 2.75) is 6.54 Å². The molecule has 1 aromatic carbocycles. The summed E-state index contributed by atoms with van der Waals surface area (Å²) in [5, 5.41) is 12.4. The van der Waals surface area contributed by atoms with Crippen LogP contribution in [-0.4, -0.2) is 10.9 Å². The van der Waals surface area contributed by atoms with Gasteiger partial charge in [-0.1, -0.05) is 41.4 Å². The SMILES string of the molecule is N#CC(=Cc1cccc(Cl)c1Cl)C(=O)NCc1ccccn1. The maximum atomic E-state index is 12.0. The van der Waals surface area contributed by atoms with Gasteiger partial charge >= 0.3 is 0 Å². The first-order valence-electron chi connectivity index (χ1n) is 6.35. The number of hydrogen-bond donors (Lipinski definition) is 1. The maximum absolute atomic E-state index is 12.0. The van der Waals surface area contributed by atoms with Crippen molar-refractivity contribution in [2.24, 2.45) is 0 Å². The quantitative estimate of drug-likeness (QED) is 0.687. The number of rotatable bonds is 4. The van der Waals surface area contributed by atoms with Crippen LogP contribution < -0.4 is 5.32 Å². The summed E-state index contributed by atoms with van der Waals surface area (Å²) >= 11 is 12.0. The molecule has 2 rings (SSSR count). The number of nitrogens with one attached hydrogen (secondary N) is 1. The lowest BCUT2D eigenvalue weighted by atomic mass is 10.1. The molecule has 0 spiro atoms. The van der Waals surface area contributed by atoms with E-state index in [2.05, 4.69) is 10.3 Å². The van der Waals surface area contributed by atoms with Crippen molar-refractivity contribution in [1.29, 1.82) is 5.26 Å². The van der Waals surface area contributed by atoms with Gasteiger partial charge in [0.25, 0.3) is 5.91 Å². The Hall–Kier alpha value is -2.35. The van der Waals surface area contributed by atoms with Gasteiger partial charge in [-0.2, -0.15) is 5.26 Å². The zero-order valence-electron chi connectivity index (χ0n) is 11.4. The van der Waals surface area contributed by atoms with Gasteiger partial charge in [0.05, 0.1) is 22.3 Å². The molecule has 0 radical (unpaired) electrons. The first-order valence-corrected chi connectivity index (χ1v) is 7.11. The standard InChI is InChI=1S/C16H11Cl2N3O/c17-14-6-3-4-11(15(14)18)8-12(9-19)16(22)21-10-13-5-1-2-7-20-13/h1-8H,10H2,(H,21,22). The summed E-state index contributed by atoms with van der Waals surface area (Å²) in [4.78, 5) is 16.1. The molecule has 0 unspecified atom stereocenters. The third kappa shape index (κ3) is 4.08. The molecule has 110 valence electrons. The van der Waals surface area contributed by atoms with Crippen molar-refractivity contribution in [3.8, 4) is 6.07 Å². The highest BCUT2D eigenvalue weighted by Crippen LogP contribution is 2.27. The largest absolute Gasteiger partial charge is 0.346 e. The number of pyridine rings is 1. The summed E-state index contributed by atoms with van der Waals surface area (Å²) in [6.45, 7) is 0.238. The summed E-state index contributed by atoms with van der Waals surface area (Å²) in [6, 6.07) is 12.3. The van der Waals surface area contributed by atoms with E-state index in [1.807, 2.05) is 12.1 Å². The Bertz CT molecular complexity index is 752. The topological polar surface area (TPSA) is 65.8 Å². The molecule has 0 aliphatic carbocycles. The molecule has 1 amide bonds. The lowest BCUT2D eigenvalue weighted by Crippen LogP contribution is -2.24. The monoisotopic (exact) mass is 331 g/mol. The third-order valence-electron chi connectivity index (χ3n) is 2.80. The minimum absolute atomic E-state index is 0.0555. The number of aromatic nitrogens is 1. The Balaban J connectivity index is 2.14. The summed E-state index contributed by atoms with van der Waals surface area (Å²) in [5.41, 5.74) is 1.16. The lowest BCUT2D eigenvalue weighted by Gasteiger charge is -2.05. The van der Waals surface area contributed by atoms with E-state index in [9.17, 15) is 4.79 Å². The minimum Gasteiger partial charge on any atom is -0.346 e. The molecule has 4 nitrogen and oxygen atoms in total. The average molecular weight is 332 g/mol. The van der Waals surface area contributed by atoms with E-state index < -0.39 is 5.91 Å². The second kappa shape index (κ2) is 7.60. The summed E-state index contributed by atoms with van der Waals surface area (Å²) < 4.78 is 0. The van der Waals surface area contributed by atoms with Gasteiger partial charge in [-0.15, -0.1) is 0 Å². The van der Waals surface area contributed by atoms with Crippen LogP contribution in [-0.2, 0) is 11.3 Å². The molecule has 0 saturated heterocycles. The molecular formula is C16H11Cl2N3O. The van der Waals surface area contributed by atoms with Crippen LogP contribution in [0.5, 0.6) is 0 Å². The number of nitriles is 1. The number of hydrogen-bond acceptors (Lipinski definition) is 3. The molecule has 1 heterocycles. The smallest absolute Gasteiger partial charge is 0.262 e. The van der Waals surface area contributed by atoms with Crippen LogP contribution in [0.25, 0.3) is 6.08 Å². The van der Waals surface area contributed by atoms with Crippen molar-refractivity contribution >= 4 is 35.2 Å². The molecule has 1 aromatic heterocycles. The fourth-order valence-electron chi connectivity index (χ4n) is 1.70. The third-order valence-corrected chi connectivity index (χ3v) is 3.64. The Morgan fingerprint density at radius 2 is 2.09 bits per heavy atom. The average Bonchev–Trinajstić information content (AvgIpc) is 2.55. The van der Waals surface area contributed by atoms with Gasteiger partial charge in [0.15, 0.2) is 0 Å². The number of carbonyl (C=O) groups excluding carboxylic acids is 1. The van der Waals surface area contributed by atoms with E-state index >= 15 is 0 Å². The van der Waals surface area contributed by atoms with Crippen LogP contribution in [0.15, 0.2) is 48.2 Å². The van der Waals surface area contributed by atoms with Crippen LogP contribution in [0.2, 0.25) is 10.0 Å². The van der Waals surface area contributed by atoms with Crippen molar-refractivity contribution in [2.75, 3.05) is 0 Å². The normalized spacial score (nSPS) is 10.9. The zero-order valence-corrected chi connectivity index (χ0v) is 12.9. The predicted octanol–water partition coefficient (Wildman–Crippen LogP) is 3.61. The fraction of sp³-hybridized carbons (Fsp3) is 0.0625. The van der Waals surface area contributed by atoms with Crippen LogP contribution in [0, 0.1) is 11.3 Å². The molecule has 0 atom stereocenters. The molecule has 2 aromatic rings. The van der Waals surface area contributed by atoms with Gasteiger partial charge in [0, 0.05) is 6.20 Å². The van der Waals surface area contributed by atoms with Gasteiger partial charge in [-0.25, -0.2) is 0 Å². The molecule has 0 bridgehead atoms. The van der Waals surface area contributed by atoms with Crippen LogP contribution >= 0.6 is 23.2 Å². The second-order valence-corrected chi connectivity index (χ2v) is 5.10. The van der Waals surface area contributed by atoms with Crippen LogP contribution in [0.4, 0.5) is 0 Å². The number of nitrogens with zero attached hydrogens (tertiary/aromatic N) is 2. The maximum Gasteiger partial charge on any atom is 0.262 e. The number of benzene rings is 1. The highest BCUT2D eigenvalue weighted by molar-refractivity contribution is 6.43. The Kier molecular flexibility index (Phi) is 5.54. The van der Waals surface area contributed by atoms with Gasteiger partial charge < -0.3 is 5.32 Å². The molecule has 6 heteroatoms. The number of amides is 1. The minimum atomic E-state index is -0.496. The van der Waals surface area contributed by atoms with Crippen LogP contribution in [0.1, 0.15) is 11.3 Å². The van der Waals surface area contributed by atoms with Crippen molar-refractivity contribution < 1.29 is 4.79 Å². The molecule has 0 saturated carbocycles. The Morgan fingerprint density at radius 3 is 2.77 bits per heavy atom. The highest BCUT2D eigenvalue weighted by atomic mass is 35.5. The van der Waals surface area contributed by atoms with E-state index in [1.54, 1.807) is 36.5 Å². The molecule has 1 N–H and O–H groups in total.